The van der Waals surface area contributed by atoms with Crippen molar-refractivity contribution in [2.24, 2.45) is 17.6 Å². The third-order valence-corrected chi connectivity index (χ3v) is 4.04. The van der Waals surface area contributed by atoms with Gasteiger partial charge in [0.1, 0.15) is 6.61 Å². The maximum absolute atomic E-state index is 5.35. The zero-order valence-corrected chi connectivity index (χ0v) is 9.97. The van der Waals surface area contributed by atoms with Crippen LogP contribution in [0, 0.1) is 11.8 Å². The van der Waals surface area contributed by atoms with Gasteiger partial charge in [0.05, 0.1) is 6.61 Å². The van der Waals surface area contributed by atoms with Crippen molar-refractivity contribution in [3.63, 3.8) is 0 Å². The molecule has 17 heavy (non-hydrogen) atoms. The average molecular weight is 237 g/mol. The van der Waals surface area contributed by atoms with Crippen molar-refractivity contribution >= 4 is 0 Å². The van der Waals surface area contributed by atoms with E-state index in [0.29, 0.717) is 31.6 Å². The third-order valence-electron chi connectivity index (χ3n) is 4.04. The summed E-state index contributed by atoms with van der Waals surface area (Å²) in [4.78, 5) is 4.44. The van der Waals surface area contributed by atoms with Crippen molar-refractivity contribution in [3.05, 3.63) is 11.7 Å². The van der Waals surface area contributed by atoms with Crippen LogP contribution in [0.25, 0.3) is 0 Å². The molecule has 0 radical (unpaired) electrons. The van der Waals surface area contributed by atoms with Crippen molar-refractivity contribution in [1.82, 2.24) is 10.1 Å². The first-order valence-corrected chi connectivity index (χ1v) is 6.47. The van der Waals surface area contributed by atoms with E-state index in [2.05, 4.69) is 10.1 Å². The fourth-order valence-electron chi connectivity index (χ4n) is 3.28. The summed E-state index contributed by atoms with van der Waals surface area (Å²) >= 11 is 0. The van der Waals surface area contributed by atoms with Gasteiger partial charge in [-0.1, -0.05) is 11.6 Å². The number of aromatic nitrogens is 2. The minimum Gasteiger partial charge on any atom is -0.370 e. The van der Waals surface area contributed by atoms with Crippen LogP contribution < -0.4 is 5.73 Å². The van der Waals surface area contributed by atoms with E-state index in [1.54, 1.807) is 0 Å². The summed E-state index contributed by atoms with van der Waals surface area (Å²) in [6.45, 7) is 1.43. The molecule has 2 bridgehead atoms. The zero-order valence-electron chi connectivity index (χ0n) is 9.97. The summed E-state index contributed by atoms with van der Waals surface area (Å²) in [5, 5.41) is 4.10. The summed E-state index contributed by atoms with van der Waals surface area (Å²) in [5.74, 6) is 3.69. The monoisotopic (exact) mass is 237 g/mol. The molecule has 3 unspecified atom stereocenters. The smallest absolute Gasteiger partial charge is 0.252 e. The highest BCUT2D eigenvalue weighted by atomic mass is 16.5. The number of ether oxygens (including phenoxy) is 1. The van der Waals surface area contributed by atoms with Gasteiger partial charge in [0.25, 0.3) is 5.89 Å². The lowest BCUT2D eigenvalue weighted by Crippen LogP contribution is -2.10. The fraction of sp³-hybridized carbons (Fsp3) is 0.833. The van der Waals surface area contributed by atoms with Gasteiger partial charge >= 0.3 is 0 Å². The minimum absolute atomic E-state index is 0.380. The predicted octanol–water partition coefficient (Wildman–Crippen LogP) is 1.45. The van der Waals surface area contributed by atoms with E-state index in [9.17, 15) is 0 Å². The highest BCUT2D eigenvalue weighted by Gasteiger charge is 2.42. The van der Waals surface area contributed by atoms with Crippen molar-refractivity contribution in [2.75, 3.05) is 13.2 Å². The molecule has 0 aromatic carbocycles. The normalized spacial score (nSPS) is 31.2. The van der Waals surface area contributed by atoms with Crippen LogP contribution in [0.1, 0.15) is 43.3 Å². The van der Waals surface area contributed by atoms with Gasteiger partial charge in [0.15, 0.2) is 5.82 Å². The summed E-state index contributed by atoms with van der Waals surface area (Å²) in [5.41, 5.74) is 5.35. The number of nitrogens with two attached hydrogens (primary N) is 1. The summed E-state index contributed by atoms with van der Waals surface area (Å²) in [6.07, 6.45) is 5.33. The highest BCUT2D eigenvalue weighted by Crippen LogP contribution is 2.52. The zero-order chi connectivity index (χ0) is 11.7. The van der Waals surface area contributed by atoms with Gasteiger partial charge in [-0.2, -0.15) is 4.98 Å². The Morgan fingerprint density at radius 2 is 2.29 bits per heavy atom. The largest absolute Gasteiger partial charge is 0.370 e. The predicted molar refractivity (Wildman–Crippen MR) is 61.2 cm³/mol. The summed E-state index contributed by atoms with van der Waals surface area (Å²) in [6, 6.07) is 0. The Bertz CT molecular complexity index is 380. The SMILES string of the molecule is NCCOCc1nc(C2CC3CCC2C3)no1. The van der Waals surface area contributed by atoms with Gasteiger partial charge in [-0.25, -0.2) is 0 Å². The van der Waals surface area contributed by atoms with Gasteiger partial charge in [-0.05, 0) is 31.1 Å². The van der Waals surface area contributed by atoms with Gasteiger partial charge in [0, 0.05) is 12.5 Å². The van der Waals surface area contributed by atoms with Gasteiger partial charge in [-0.3, -0.25) is 0 Å². The Morgan fingerprint density at radius 1 is 1.35 bits per heavy atom. The molecule has 2 fully saturated rings. The molecule has 0 aliphatic heterocycles. The molecule has 0 spiro atoms. The number of rotatable bonds is 5. The first-order valence-electron chi connectivity index (χ1n) is 6.47. The molecule has 5 heteroatoms. The standard InChI is InChI=1S/C12H19N3O2/c13-3-4-16-7-11-14-12(15-17-11)10-6-8-1-2-9(10)5-8/h8-10H,1-7,13H2. The second kappa shape index (κ2) is 4.74. The number of hydrogen-bond acceptors (Lipinski definition) is 5. The average Bonchev–Trinajstić information content (AvgIpc) is 3.04. The molecule has 0 saturated heterocycles. The molecule has 3 rings (SSSR count). The van der Waals surface area contributed by atoms with Crippen LogP contribution >= 0.6 is 0 Å². The fourth-order valence-corrected chi connectivity index (χ4v) is 3.28. The summed E-state index contributed by atoms with van der Waals surface area (Å²) < 4.78 is 10.5. The lowest BCUT2D eigenvalue weighted by molar-refractivity contribution is 0.104. The Labute approximate surface area is 101 Å². The van der Waals surface area contributed by atoms with E-state index in [1.807, 2.05) is 0 Å². The van der Waals surface area contributed by atoms with E-state index in [4.69, 9.17) is 15.0 Å². The molecule has 2 N–H and O–H groups in total. The number of fused-ring (bicyclic) bond motifs is 2. The molecule has 2 saturated carbocycles. The molecule has 94 valence electrons. The van der Waals surface area contributed by atoms with Crippen LogP contribution in [0.5, 0.6) is 0 Å². The van der Waals surface area contributed by atoms with Crippen molar-refractivity contribution in [3.8, 4) is 0 Å². The molecule has 1 heterocycles. The Morgan fingerprint density at radius 3 is 3.00 bits per heavy atom. The van der Waals surface area contributed by atoms with Crippen LogP contribution in [0.2, 0.25) is 0 Å². The maximum atomic E-state index is 5.35. The Balaban J connectivity index is 1.60. The molecule has 2 aliphatic carbocycles. The van der Waals surface area contributed by atoms with Crippen molar-refractivity contribution in [1.29, 1.82) is 0 Å². The van der Waals surface area contributed by atoms with Gasteiger partial charge in [0.2, 0.25) is 0 Å². The highest BCUT2D eigenvalue weighted by molar-refractivity contribution is 5.06. The quantitative estimate of drug-likeness (QED) is 0.784. The van der Waals surface area contributed by atoms with E-state index in [-0.39, 0.29) is 0 Å². The van der Waals surface area contributed by atoms with Crippen LogP contribution in [-0.2, 0) is 11.3 Å². The minimum atomic E-state index is 0.380. The van der Waals surface area contributed by atoms with Crippen LogP contribution in [0.3, 0.4) is 0 Å². The van der Waals surface area contributed by atoms with E-state index < -0.39 is 0 Å². The number of nitrogens with zero attached hydrogens (tertiary/aromatic N) is 2. The topological polar surface area (TPSA) is 74.2 Å². The van der Waals surface area contributed by atoms with E-state index in [1.165, 1.54) is 25.7 Å². The molecular formula is C12H19N3O2. The van der Waals surface area contributed by atoms with Gasteiger partial charge in [-0.15, -0.1) is 0 Å². The summed E-state index contributed by atoms with van der Waals surface area (Å²) in [7, 11) is 0. The second-order valence-electron chi connectivity index (χ2n) is 5.17. The molecule has 2 aliphatic rings. The second-order valence-corrected chi connectivity index (χ2v) is 5.17. The van der Waals surface area contributed by atoms with Crippen LogP contribution in [0.4, 0.5) is 0 Å². The molecule has 5 nitrogen and oxygen atoms in total. The van der Waals surface area contributed by atoms with Gasteiger partial charge < -0.3 is 15.0 Å². The van der Waals surface area contributed by atoms with Crippen molar-refractivity contribution < 1.29 is 9.26 Å². The molecule has 0 amide bonds. The molecular weight excluding hydrogens is 218 g/mol. The molecule has 3 atom stereocenters. The van der Waals surface area contributed by atoms with E-state index >= 15 is 0 Å². The molecule has 1 aromatic rings. The Hall–Kier alpha value is -0.940. The van der Waals surface area contributed by atoms with Crippen LogP contribution in [0.15, 0.2) is 4.52 Å². The lowest BCUT2D eigenvalue weighted by atomic mass is 9.88. The first kappa shape index (κ1) is 11.2. The van der Waals surface area contributed by atoms with Crippen molar-refractivity contribution in [2.45, 2.75) is 38.2 Å². The molecule has 1 aromatic heterocycles. The van der Waals surface area contributed by atoms with Crippen LogP contribution in [-0.4, -0.2) is 23.3 Å². The maximum Gasteiger partial charge on any atom is 0.252 e. The Kier molecular flexibility index (Phi) is 3.11. The first-order chi connectivity index (χ1) is 8.36. The third kappa shape index (κ3) is 2.21. The van der Waals surface area contributed by atoms with E-state index in [0.717, 1.165) is 17.7 Å². The number of hydrogen-bond donors (Lipinski definition) is 1. The lowest BCUT2D eigenvalue weighted by Gasteiger charge is -2.17.